The molecule has 0 bridgehead atoms. The fraction of sp³-hybridized carbons (Fsp3) is 0.500. The number of hydrogen-bond donors (Lipinski definition) is 2. The molecule has 3 nitrogen and oxygen atoms in total. The molecule has 0 radical (unpaired) electrons. The van der Waals surface area contributed by atoms with Crippen molar-refractivity contribution in [3.05, 3.63) is 29.3 Å². The third kappa shape index (κ3) is 3.05. The standard InChI is InChI=1S/C14H18F3N3/c1-2-7-20(9-3-4-9)10-5-6-11(13(18)19)12(8-10)14(15,16)17/h5-6,8-9H,2-4,7H2,1H3,(H3,18,19). The van der Waals surface area contributed by atoms with E-state index in [1.807, 2.05) is 11.8 Å². The van der Waals surface area contributed by atoms with Crippen molar-refractivity contribution in [3.8, 4) is 0 Å². The molecule has 1 saturated carbocycles. The van der Waals surface area contributed by atoms with Crippen LogP contribution >= 0.6 is 0 Å². The molecular formula is C14H18F3N3. The Bertz CT molecular complexity index is 507. The fourth-order valence-corrected chi connectivity index (χ4v) is 2.33. The van der Waals surface area contributed by atoms with Gasteiger partial charge in [-0.3, -0.25) is 5.41 Å². The minimum atomic E-state index is -4.50. The second kappa shape index (κ2) is 5.34. The van der Waals surface area contributed by atoms with Crippen molar-refractivity contribution in [2.75, 3.05) is 11.4 Å². The summed E-state index contributed by atoms with van der Waals surface area (Å²) in [5, 5.41) is 7.28. The lowest BCUT2D eigenvalue weighted by atomic mass is 10.0. The predicted molar refractivity (Wildman–Crippen MR) is 73.1 cm³/mol. The first-order valence-electron chi connectivity index (χ1n) is 6.67. The first-order valence-corrected chi connectivity index (χ1v) is 6.67. The van der Waals surface area contributed by atoms with Crippen LogP contribution in [0, 0.1) is 5.41 Å². The van der Waals surface area contributed by atoms with Gasteiger partial charge in [0, 0.05) is 23.8 Å². The van der Waals surface area contributed by atoms with Crippen molar-refractivity contribution < 1.29 is 13.2 Å². The first-order chi connectivity index (χ1) is 9.34. The summed E-state index contributed by atoms with van der Waals surface area (Å²) in [5.74, 6) is -0.558. The van der Waals surface area contributed by atoms with Crippen LogP contribution in [0.2, 0.25) is 0 Å². The van der Waals surface area contributed by atoms with Crippen molar-refractivity contribution in [2.24, 2.45) is 5.73 Å². The molecule has 1 fully saturated rings. The highest BCUT2D eigenvalue weighted by molar-refractivity contribution is 5.97. The van der Waals surface area contributed by atoms with Crippen molar-refractivity contribution in [1.29, 1.82) is 5.41 Å². The number of benzene rings is 1. The Hall–Kier alpha value is -1.72. The van der Waals surface area contributed by atoms with E-state index in [2.05, 4.69) is 0 Å². The van der Waals surface area contributed by atoms with Crippen LogP contribution in [0.4, 0.5) is 18.9 Å². The quantitative estimate of drug-likeness (QED) is 0.643. The maximum Gasteiger partial charge on any atom is 0.417 e. The molecule has 0 atom stereocenters. The van der Waals surface area contributed by atoms with Gasteiger partial charge in [-0.05, 0) is 37.5 Å². The van der Waals surface area contributed by atoms with Gasteiger partial charge in [0.25, 0.3) is 0 Å². The van der Waals surface area contributed by atoms with Crippen molar-refractivity contribution in [3.63, 3.8) is 0 Å². The van der Waals surface area contributed by atoms with Crippen LogP contribution in [0.15, 0.2) is 18.2 Å². The van der Waals surface area contributed by atoms with Gasteiger partial charge in [-0.25, -0.2) is 0 Å². The Morgan fingerprint density at radius 3 is 2.50 bits per heavy atom. The smallest absolute Gasteiger partial charge is 0.384 e. The topological polar surface area (TPSA) is 53.1 Å². The summed E-state index contributed by atoms with van der Waals surface area (Å²) < 4.78 is 39.3. The van der Waals surface area contributed by atoms with Crippen molar-refractivity contribution in [1.82, 2.24) is 0 Å². The third-order valence-corrected chi connectivity index (χ3v) is 3.38. The maximum absolute atomic E-state index is 13.1. The Kier molecular flexibility index (Phi) is 3.92. The molecular weight excluding hydrogens is 267 g/mol. The maximum atomic E-state index is 13.1. The minimum absolute atomic E-state index is 0.256. The van der Waals surface area contributed by atoms with E-state index in [0.717, 1.165) is 31.9 Å². The van der Waals surface area contributed by atoms with E-state index >= 15 is 0 Å². The molecule has 3 N–H and O–H groups in total. The van der Waals surface area contributed by atoms with Crippen molar-refractivity contribution >= 4 is 11.5 Å². The van der Waals surface area contributed by atoms with E-state index in [-0.39, 0.29) is 5.56 Å². The summed E-state index contributed by atoms with van der Waals surface area (Å²) in [4.78, 5) is 2.01. The number of rotatable bonds is 5. The lowest BCUT2D eigenvalue weighted by Crippen LogP contribution is -2.27. The fourth-order valence-electron chi connectivity index (χ4n) is 2.33. The summed E-state index contributed by atoms with van der Waals surface area (Å²) in [7, 11) is 0. The lowest BCUT2D eigenvalue weighted by molar-refractivity contribution is -0.137. The molecule has 1 aromatic rings. The molecule has 1 aliphatic rings. The first kappa shape index (κ1) is 14.7. The van der Waals surface area contributed by atoms with Crippen LogP contribution in [0.3, 0.4) is 0 Å². The molecule has 1 aliphatic carbocycles. The molecule has 20 heavy (non-hydrogen) atoms. The van der Waals surface area contributed by atoms with Crippen molar-refractivity contribution in [2.45, 2.75) is 38.4 Å². The third-order valence-electron chi connectivity index (χ3n) is 3.38. The van der Waals surface area contributed by atoms with E-state index in [1.54, 1.807) is 6.07 Å². The number of anilines is 1. The monoisotopic (exact) mass is 285 g/mol. The molecule has 2 rings (SSSR count). The van der Waals surface area contributed by atoms with E-state index < -0.39 is 17.6 Å². The van der Waals surface area contributed by atoms with Gasteiger partial charge in [0.05, 0.1) is 5.56 Å². The second-order valence-corrected chi connectivity index (χ2v) is 5.07. The molecule has 0 amide bonds. The Morgan fingerprint density at radius 1 is 1.40 bits per heavy atom. The summed E-state index contributed by atoms with van der Waals surface area (Å²) in [6.07, 6.45) is -1.57. The van der Waals surface area contributed by atoms with Gasteiger partial charge in [-0.15, -0.1) is 0 Å². The predicted octanol–water partition coefficient (Wildman–Crippen LogP) is 3.37. The highest BCUT2D eigenvalue weighted by atomic mass is 19.4. The van der Waals surface area contributed by atoms with Gasteiger partial charge >= 0.3 is 6.18 Å². The van der Waals surface area contributed by atoms with Crippen LogP contribution in [0.1, 0.15) is 37.3 Å². The number of alkyl halides is 3. The number of nitrogens with one attached hydrogen (secondary N) is 1. The van der Waals surface area contributed by atoms with Gasteiger partial charge in [-0.1, -0.05) is 6.92 Å². The Labute approximate surface area is 116 Å². The summed E-state index contributed by atoms with van der Waals surface area (Å²) in [5.41, 5.74) is 4.71. The second-order valence-electron chi connectivity index (χ2n) is 5.07. The van der Waals surface area contributed by atoms with Gasteiger partial charge < -0.3 is 10.6 Å². The molecule has 0 aromatic heterocycles. The van der Waals surface area contributed by atoms with Crippen LogP contribution in [-0.2, 0) is 6.18 Å². The number of nitrogens with zero attached hydrogens (tertiary/aromatic N) is 1. The molecule has 110 valence electrons. The average molecular weight is 285 g/mol. The average Bonchev–Trinajstić information content (AvgIpc) is 3.18. The number of nitrogen functional groups attached to an aromatic ring is 1. The molecule has 0 heterocycles. The molecule has 0 saturated heterocycles. The molecule has 1 aromatic carbocycles. The van der Waals surface area contributed by atoms with Crippen LogP contribution < -0.4 is 10.6 Å². The normalized spacial score (nSPS) is 15.2. The van der Waals surface area contributed by atoms with Crippen LogP contribution in [0.5, 0.6) is 0 Å². The van der Waals surface area contributed by atoms with Crippen LogP contribution in [0.25, 0.3) is 0 Å². The zero-order valence-corrected chi connectivity index (χ0v) is 11.3. The van der Waals surface area contributed by atoms with Gasteiger partial charge in [0.2, 0.25) is 0 Å². The Balaban J connectivity index is 2.43. The number of nitrogens with two attached hydrogens (primary N) is 1. The Morgan fingerprint density at radius 2 is 2.05 bits per heavy atom. The molecule has 6 heteroatoms. The highest BCUT2D eigenvalue weighted by Crippen LogP contribution is 2.37. The molecule has 0 spiro atoms. The van der Waals surface area contributed by atoms with E-state index in [0.29, 0.717) is 11.7 Å². The zero-order chi connectivity index (χ0) is 14.9. The number of amidine groups is 1. The summed E-state index contributed by atoms with van der Waals surface area (Å²) in [6, 6.07) is 4.38. The minimum Gasteiger partial charge on any atom is -0.384 e. The molecule has 0 unspecified atom stereocenters. The van der Waals surface area contributed by atoms with Gasteiger partial charge in [0.1, 0.15) is 5.84 Å². The largest absolute Gasteiger partial charge is 0.417 e. The van der Waals surface area contributed by atoms with Crippen LogP contribution in [-0.4, -0.2) is 18.4 Å². The zero-order valence-electron chi connectivity index (χ0n) is 11.3. The number of halogens is 3. The molecule has 0 aliphatic heterocycles. The van der Waals surface area contributed by atoms with Gasteiger partial charge in [-0.2, -0.15) is 13.2 Å². The highest BCUT2D eigenvalue weighted by Gasteiger charge is 2.36. The summed E-state index contributed by atoms with van der Waals surface area (Å²) in [6.45, 7) is 2.74. The van der Waals surface area contributed by atoms with E-state index in [4.69, 9.17) is 11.1 Å². The van der Waals surface area contributed by atoms with Gasteiger partial charge in [0.15, 0.2) is 0 Å². The SMILES string of the molecule is CCCN(c1ccc(C(=N)N)c(C(F)(F)F)c1)C1CC1. The summed E-state index contributed by atoms with van der Waals surface area (Å²) >= 11 is 0. The van der Waals surface area contributed by atoms with E-state index in [9.17, 15) is 13.2 Å². The lowest BCUT2D eigenvalue weighted by Gasteiger charge is -2.25. The van der Waals surface area contributed by atoms with E-state index in [1.165, 1.54) is 6.07 Å². The number of hydrogen-bond acceptors (Lipinski definition) is 2.